The summed E-state index contributed by atoms with van der Waals surface area (Å²) < 4.78 is 6.04. The van der Waals surface area contributed by atoms with Crippen LogP contribution in [0.15, 0.2) is 48.5 Å². The second kappa shape index (κ2) is 9.81. The molecule has 1 heterocycles. The fraction of sp³-hybridized carbons (Fsp3) is 0.409. The molecule has 1 fully saturated rings. The lowest BCUT2D eigenvalue weighted by atomic mass is 10.1. The van der Waals surface area contributed by atoms with Crippen molar-refractivity contribution in [3.8, 4) is 5.75 Å². The minimum absolute atomic E-state index is 0.0247. The van der Waals surface area contributed by atoms with Gasteiger partial charge in [0.25, 0.3) is 0 Å². The van der Waals surface area contributed by atoms with E-state index in [9.17, 15) is 4.79 Å². The number of benzene rings is 2. The van der Waals surface area contributed by atoms with Gasteiger partial charge in [-0.25, -0.2) is 0 Å². The lowest BCUT2D eigenvalue weighted by Gasteiger charge is -2.29. The maximum absolute atomic E-state index is 12.1. The van der Waals surface area contributed by atoms with Crippen molar-refractivity contribution >= 4 is 23.4 Å². The summed E-state index contributed by atoms with van der Waals surface area (Å²) in [6.07, 6.45) is 2.42. The number of hydrogen-bond donors (Lipinski definition) is 1. The number of aryl methyl sites for hydroxylation is 1. The highest BCUT2D eigenvalue weighted by Gasteiger charge is 2.17. The van der Waals surface area contributed by atoms with E-state index in [1.807, 2.05) is 24.3 Å². The molecule has 0 radical (unpaired) electrons. The van der Waals surface area contributed by atoms with E-state index < -0.39 is 0 Å². The smallest absolute Gasteiger partial charge is 0.234 e. The van der Waals surface area contributed by atoms with Crippen LogP contribution in [0.25, 0.3) is 0 Å². The number of rotatable bonds is 7. The highest BCUT2D eigenvalue weighted by atomic mass is 32.2. The molecule has 0 aliphatic carbocycles. The van der Waals surface area contributed by atoms with Crippen LogP contribution < -0.4 is 10.1 Å². The number of nitrogens with one attached hydrogen (secondary N) is 1. The van der Waals surface area contributed by atoms with Crippen LogP contribution in [0.3, 0.4) is 0 Å². The number of piperidine rings is 1. The molecule has 5 heteroatoms. The predicted molar refractivity (Wildman–Crippen MR) is 114 cm³/mol. The van der Waals surface area contributed by atoms with E-state index >= 15 is 0 Å². The number of anilines is 1. The number of amides is 1. The molecule has 0 atom stereocenters. The first-order chi connectivity index (χ1) is 13.1. The highest BCUT2D eigenvalue weighted by Crippen LogP contribution is 2.21. The van der Waals surface area contributed by atoms with E-state index in [0.29, 0.717) is 11.9 Å². The van der Waals surface area contributed by atoms with E-state index in [1.165, 1.54) is 11.1 Å². The maximum atomic E-state index is 12.1. The lowest BCUT2D eigenvalue weighted by Crippen LogP contribution is -2.35. The number of hydrogen-bond acceptors (Lipinski definition) is 4. The van der Waals surface area contributed by atoms with Gasteiger partial charge in [0.05, 0.1) is 5.75 Å². The molecule has 1 amide bonds. The van der Waals surface area contributed by atoms with Crippen molar-refractivity contribution in [2.45, 2.75) is 31.6 Å². The van der Waals surface area contributed by atoms with Gasteiger partial charge >= 0.3 is 0 Å². The zero-order valence-electron chi connectivity index (χ0n) is 16.1. The summed E-state index contributed by atoms with van der Waals surface area (Å²) in [5.74, 6) is 2.19. The first-order valence-electron chi connectivity index (χ1n) is 9.47. The zero-order valence-corrected chi connectivity index (χ0v) is 16.9. The molecular formula is C22H28N2O2S. The molecule has 1 saturated heterocycles. The van der Waals surface area contributed by atoms with Gasteiger partial charge in [0, 0.05) is 24.5 Å². The van der Waals surface area contributed by atoms with Gasteiger partial charge < -0.3 is 15.0 Å². The molecule has 2 aromatic carbocycles. The molecule has 3 rings (SSSR count). The number of carbonyl (C=O) groups is 1. The van der Waals surface area contributed by atoms with Crippen LogP contribution in [-0.2, 0) is 10.5 Å². The summed E-state index contributed by atoms with van der Waals surface area (Å²) in [5.41, 5.74) is 3.31. The molecular weight excluding hydrogens is 356 g/mol. The highest BCUT2D eigenvalue weighted by molar-refractivity contribution is 7.99. The van der Waals surface area contributed by atoms with E-state index in [4.69, 9.17) is 4.74 Å². The van der Waals surface area contributed by atoms with Gasteiger partial charge in [0.2, 0.25) is 5.91 Å². The van der Waals surface area contributed by atoms with Crippen molar-refractivity contribution < 1.29 is 9.53 Å². The van der Waals surface area contributed by atoms with Crippen LogP contribution in [0.1, 0.15) is 24.0 Å². The molecule has 0 unspecified atom stereocenters. The minimum Gasteiger partial charge on any atom is -0.490 e. The monoisotopic (exact) mass is 384 g/mol. The van der Waals surface area contributed by atoms with E-state index in [2.05, 4.69) is 48.5 Å². The number of likely N-dealkylation sites (tertiary alicyclic amines) is 1. The summed E-state index contributed by atoms with van der Waals surface area (Å²) in [7, 11) is 2.15. The van der Waals surface area contributed by atoms with Crippen molar-refractivity contribution in [1.82, 2.24) is 4.90 Å². The molecule has 0 spiro atoms. The SMILES string of the molecule is Cc1cccc(CSCC(=O)Nc2ccc(OC3CCN(C)CC3)cc2)c1. The molecule has 0 aromatic heterocycles. The Morgan fingerprint density at radius 2 is 1.93 bits per heavy atom. The number of ether oxygens (including phenoxy) is 1. The molecule has 144 valence electrons. The molecule has 1 aliphatic rings. The Hall–Kier alpha value is -1.98. The van der Waals surface area contributed by atoms with Crippen LogP contribution in [-0.4, -0.2) is 42.8 Å². The number of thioether (sulfide) groups is 1. The summed E-state index contributed by atoms with van der Waals surface area (Å²) in [6, 6.07) is 16.1. The Bertz CT molecular complexity index is 740. The Morgan fingerprint density at radius 1 is 1.19 bits per heavy atom. The van der Waals surface area contributed by atoms with Gasteiger partial charge in [-0.05, 0) is 56.6 Å². The van der Waals surface area contributed by atoms with Gasteiger partial charge in [0.1, 0.15) is 11.9 Å². The summed E-state index contributed by atoms with van der Waals surface area (Å²) in [5, 5.41) is 2.95. The lowest BCUT2D eigenvalue weighted by molar-refractivity contribution is -0.113. The van der Waals surface area contributed by atoms with Gasteiger partial charge in [-0.15, -0.1) is 11.8 Å². The van der Waals surface area contributed by atoms with Gasteiger partial charge in [-0.3, -0.25) is 4.79 Å². The number of nitrogens with zero attached hydrogens (tertiary/aromatic N) is 1. The van der Waals surface area contributed by atoms with Crippen LogP contribution in [0.2, 0.25) is 0 Å². The topological polar surface area (TPSA) is 41.6 Å². The van der Waals surface area contributed by atoms with Crippen LogP contribution in [0, 0.1) is 6.92 Å². The zero-order chi connectivity index (χ0) is 19.1. The Labute approximate surface area is 166 Å². The molecule has 2 aromatic rings. The average Bonchev–Trinajstić information content (AvgIpc) is 2.65. The minimum atomic E-state index is 0.0247. The molecule has 4 nitrogen and oxygen atoms in total. The van der Waals surface area contributed by atoms with Crippen molar-refractivity contribution in [2.24, 2.45) is 0 Å². The number of carbonyl (C=O) groups excluding carboxylic acids is 1. The molecule has 0 saturated carbocycles. The van der Waals surface area contributed by atoms with Crippen molar-refractivity contribution in [2.75, 3.05) is 31.2 Å². The largest absolute Gasteiger partial charge is 0.490 e. The van der Waals surface area contributed by atoms with E-state index in [0.717, 1.165) is 43.1 Å². The predicted octanol–water partition coefficient (Wildman–Crippen LogP) is 4.34. The first kappa shape index (κ1) is 19.8. The van der Waals surface area contributed by atoms with Crippen molar-refractivity contribution in [3.63, 3.8) is 0 Å². The Morgan fingerprint density at radius 3 is 2.63 bits per heavy atom. The van der Waals surface area contributed by atoms with E-state index in [1.54, 1.807) is 11.8 Å². The quantitative estimate of drug-likeness (QED) is 0.771. The normalized spacial score (nSPS) is 15.5. The molecule has 27 heavy (non-hydrogen) atoms. The standard InChI is InChI=1S/C22H28N2O2S/c1-17-4-3-5-18(14-17)15-27-16-22(25)23-19-6-8-20(9-7-19)26-21-10-12-24(2)13-11-21/h3-9,14,21H,10-13,15-16H2,1-2H3,(H,23,25). The van der Waals surface area contributed by atoms with Crippen molar-refractivity contribution in [1.29, 1.82) is 0 Å². The Balaban J connectivity index is 1.40. The van der Waals surface area contributed by atoms with Gasteiger partial charge in [-0.1, -0.05) is 29.8 Å². The second-order valence-electron chi connectivity index (χ2n) is 7.17. The summed E-state index contributed by atoms with van der Waals surface area (Å²) in [4.78, 5) is 14.5. The third-order valence-corrected chi connectivity index (χ3v) is 5.69. The molecule has 0 bridgehead atoms. The summed E-state index contributed by atoms with van der Waals surface area (Å²) >= 11 is 1.63. The van der Waals surface area contributed by atoms with Crippen LogP contribution in [0.5, 0.6) is 5.75 Å². The summed E-state index contributed by atoms with van der Waals surface area (Å²) in [6.45, 7) is 4.25. The van der Waals surface area contributed by atoms with Crippen LogP contribution in [0.4, 0.5) is 5.69 Å². The average molecular weight is 385 g/mol. The third-order valence-electron chi connectivity index (χ3n) is 4.69. The third kappa shape index (κ3) is 6.60. The van der Waals surface area contributed by atoms with Gasteiger partial charge in [-0.2, -0.15) is 0 Å². The fourth-order valence-electron chi connectivity index (χ4n) is 3.17. The Kier molecular flexibility index (Phi) is 7.18. The maximum Gasteiger partial charge on any atom is 0.234 e. The van der Waals surface area contributed by atoms with Crippen LogP contribution >= 0.6 is 11.8 Å². The van der Waals surface area contributed by atoms with Crippen molar-refractivity contribution in [3.05, 3.63) is 59.7 Å². The molecule has 1 aliphatic heterocycles. The molecule has 1 N–H and O–H groups in total. The fourth-order valence-corrected chi connectivity index (χ4v) is 3.95. The van der Waals surface area contributed by atoms with E-state index in [-0.39, 0.29) is 5.91 Å². The van der Waals surface area contributed by atoms with Gasteiger partial charge in [0.15, 0.2) is 0 Å². The first-order valence-corrected chi connectivity index (χ1v) is 10.6. The second-order valence-corrected chi connectivity index (χ2v) is 8.16.